The van der Waals surface area contributed by atoms with Crippen molar-refractivity contribution in [1.29, 1.82) is 0 Å². The second-order valence-corrected chi connectivity index (χ2v) is 8.18. The number of likely N-dealkylation sites (N-methyl/N-ethyl adjacent to an activating group) is 1. The predicted molar refractivity (Wildman–Crippen MR) is 121 cm³/mol. The van der Waals surface area contributed by atoms with Gasteiger partial charge >= 0.3 is 6.55 Å². The highest BCUT2D eigenvalue weighted by Crippen LogP contribution is 2.34. The number of nitrogens with zero attached hydrogens (tertiary/aromatic N) is 7. The summed E-state index contributed by atoms with van der Waals surface area (Å²) < 4.78 is 40.8. The van der Waals surface area contributed by atoms with Gasteiger partial charge in [0.25, 0.3) is 0 Å². The SMILES string of the molecule is COc1nnc(Nc2cc3cc(-c4c(OC[C@H]5CCN5C)cnn4C(F)F)ccn3n2)cc1C. The van der Waals surface area contributed by atoms with Gasteiger partial charge in [-0.3, -0.25) is 4.90 Å². The topological polar surface area (TPSA) is 94.6 Å². The Morgan fingerprint density at radius 3 is 2.74 bits per heavy atom. The zero-order valence-electron chi connectivity index (χ0n) is 18.9. The smallest absolute Gasteiger partial charge is 0.333 e. The summed E-state index contributed by atoms with van der Waals surface area (Å²) in [4.78, 5) is 2.17. The first-order valence-corrected chi connectivity index (χ1v) is 10.8. The molecule has 0 radical (unpaired) electrons. The molecule has 0 aromatic carbocycles. The molecule has 0 aliphatic carbocycles. The fourth-order valence-electron chi connectivity index (χ4n) is 3.91. The van der Waals surface area contributed by atoms with Crippen LogP contribution in [0.1, 0.15) is 18.5 Å². The second kappa shape index (κ2) is 8.86. The van der Waals surface area contributed by atoms with E-state index in [1.807, 2.05) is 14.0 Å². The Morgan fingerprint density at radius 1 is 1.21 bits per heavy atom. The Bertz CT molecular complexity index is 1320. The standard InChI is InChI=1S/C22H24F2N8O2/c1-13-8-18(27-28-21(13)33-3)26-19-10-16-9-14(4-7-31(16)29-19)20-17(11-25-32(20)22(23)24)34-12-15-5-6-30(15)2/h4,7-11,15,22H,5-6,12H2,1-3H3,(H,26,27,29)/t15-/m1/s1. The number of alkyl halides is 2. The lowest BCUT2D eigenvalue weighted by Crippen LogP contribution is -2.48. The summed E-state index contributed by atoms with van der Waals surface area (Å²) in [6.07, 6.45) is 4.07. The first-order valence-electron chi connectivity index (χ1n) is 10.8. The number of fused-ring (bicyclic) bond motifs is 1. The summed E-state index contributed by atoms with van der Waals surface area (Å²) in [7, 11) is 3.55. The number of aryl methyl sites for hydroxylation is 1. The van der Waals surface area contributed by atoms with E-state index in [1.54, 1.807) is 35.0 Å². The first kappa shape index (κ1) is 22.0. The van der Waals surface area contributed by atoms with Gasteiger partial charge in [-0.05, 0) is 45.1 Å². The van der Waals surface area contributed by atoms with Crippen molar-refractivity contribution >= 4 is 17.2 Å². The highest BCUT2D eigenvalue weighted by atomic mass is 19.3. The fraction of sp³-hybridized carbons (Fsp3) is 0.364. The third-order valence-electron chi connectivity index (χ3n) is 5.94. The number of pyridine rings is 1. The van der Waals surface area contributed by atoms with Gasteiger partial charge in [-0.2, -0.15) is 23.7 Å². The summed E-state index contributed by atoms with van der Waals surface area (Å²) in [5.74, 6) is 1.81. The molecule has 5 heterocycles. The number of anilines is 2. The van der Waals surface area contributed by atoms with Gasteiger partial charge in [0.05, 0.1) is 18.8 Å². The van der Waals surface area contributed by atoms with Crippen molar-refractivity contribution in [2.75, 3.05) is 32.6 Å². The lowest BCUT2D eigenvalue weighted by Gasteiger charge is -2.37. The maximum atomic E-state index is 13.7. The van der Waals surface area contributed by atoms with Crippen LogP contribution >= 0.6 is 0 Å². The number of aromatic nitrogens is 6. The number of hydrogen-bond acceptors (Lipinski definition) is 8. The van der Waals surface area contributed by atoms with Gasteiger partial charge in [0.2, 0.25) is 5.88 Å². The maximum Gasteiger partial charge on any atom is 0.333 e. The number of hydrogen-bond donors (Lipinski definition) is 1. The fourth-order valence-corrected chi connectivity index (χ4v) is 3.91. The Labute approximate surface area is 194 Å². The van der Waals surface area contributed by atoms with E-state index in [0.29, 0.717) is 45.6 Å². The third kappa shape index (κ3) is 4.12. The molecule has 1 saturated heterocycles. The molecule has 1 aliphatic heterocycles. The molecule has 0 saturated carbocycles. The van der Waals surface area contributed by atoms with Crippen LogP contribution in [0.2, 0.25) is 0 Å². The van der Waals surface area contributed by atoms with Crippen LogP contribution in [-0.2, 0) is 0 Å². The van der Waals surface area contributed by atoms with Crippen molar-refractivity contribution < 1.29 is 18.3 Å². The molecule has 4 aromatic rings. The molecular weight excluding hydrogens is 446 g/mol. The second-order valence-electron chi connectivity index (χ2n) is 8.18. The third-order valence-corrected chi connectivity index (χ3v) is 5.94. The van der Waals surface area contributed by atoms with Crippen LogP contribution in [0.15, 0.2) is 36.7 Å². The Morgan fingerprint density at radius 2 is 2.06 bits per heavy atom. The van der Waals surface area contributed by atoms with E-state index >= 15 is 0 Å². The minimum absolute atomic E-state index is 0.229. The minimum Gasteiger partial charge on any atom is -0.488 e. The summed E-state index contributed by atoms with van der Waals surface area (Å²) in [6, 6.07) is 7.34. The quantitative estimate of drug-likeness (QED) is 0.418. The van der Waals surface area contributed by atoms with Crippen molar-refractivity contribution in [2.24, 2.45) is 0 Å². The Hall–Kier alpha value is -3.80. The van der Waals surface area contributed by atoms with Crippen LogP contribution in [0.4, 0.5) is 20.4 Å². The summed E-state index contributed by atoms with van der Waals surface area (Å²) in [5, 5.41) is 19.5. The van der Waals surface area contributed by atoms with Gasteiger partial charge in [-0.15, -0.1) is 10.2 Å². The molecule has 12 heteroatoms. The van der Waals surface area contributed by atoms with Crippen LogP contribution in [0.3, 0.4) is 0 Å². The predicted octanol–water partition coefficient (Wildman–Crippen LogP) is 3.53. The summed E-state index contributed by atoms with van der Waals surface area (Å²) >= 11 is 0. The average Bonchev–Trinajstić information content (AvgIpc) is 3.41. The van der Waals surface area contributed by atoms with Gasteiger partial charge in [0, 0.05) is 29.4 Å². The Kier molecular flexibility index (Phi) is 5.74. The molecule has 1 fully saturated rings. The normalized spacial score (nSPS) is 16.1. The molecule has 4 aromatic heterocycles. The van der Waals surface area contributed by atoms with Crippen LogP contribution < -0.4 is 14.8 Å². The van der Waals surface area contributed by atoms with Gasteiger partial charge in [-0.25, -0.2) is 4.52 Å². The highest BCUT2D eigenvalue weighted by Gasteiger charge is 2.26. The molecule has 5 rings (SSSR count). The van der Waals surface area contributed by atoms with Gasteiger partial charge in [0.1, 0.15) is 12.3 Å². The molecule has 1 atom stereocenters. The van der Waals surface area contributed by atoms with Crippen molar-refractivity contribution in [3.63, 3.8) is 0 Å². The van der Waals surface area contributed by atoms with Gasteiger partial charge < -0.3 is 14.8 Å². The van der Waals surface area contributed by atoms with Gasteiger partial charge in [0.15, 0.2) is 17.4 Å². The maximum absolute atomic E-state index is 13.7. The number of halogens is 2. The molecule has 1 N–H and O–H groups in total. The molecule has 10 nitrogen and oxygen atoms in total. The first-order chi connectivity index (χ1) is 16.4. The number of nitrogens with one attached hydrogen (secondary N) is 1. The molecule has 34 heavy (non-hydrogen) atoms. The summed E-state index contributed by atoms with van der Waals surface area (Å²) in [6.45, 7) is 0.495. The van der Waals surface area contributed by atoms with E-state index < -0.39 is 6.55 Å². The molecule has 0 bridgehead atoms. The zero-order chi connectivity index (χ0) is 23.8. The highest BCUT2D eigenvalue weighted by molar-refractivity contribution is 5.73. The van der Waals surface area contributed by atoms with Crippen LogP contribution in [0, 0.1) is 6.92 Å². The zero-order valence-corrected chi connectivity index (χ0v) is 18.9. The van der Waals surface area contributed by atoms with Crippen molar-refractivity contribution in [2.45, 2.75) is 25.9 Å². The van der Waals surface area contributed by atoms with Crippen LogP contribution in [0.25, 0.3) is 16.8 Å². The monoisotopic (exact) mass is 470 g/mol. The van der Waals surface area contributed by atoms with E-state index in [-0.39, 0.29) is 11.7 Å². The number of ether oxygens (including phenoxy) is 2. The number of likely N-dealkylation sites (tertiary alicyclic amines) is 1. The van der Waals surface area contributed by atoms with E-state index in [1.165, 1.54) is 13.3 Å². The molecule has 0 spiro atoms. The lowest BCUT2D eigenvalue weighted by atomic mass is 10.1. The number of methoxy groups -OCH3 is 1. The largest absolute Gasteiger partial charge is 0.488 e. The average molecular weight is 470 g/mol. The molecular formula is C22H24F2N8O2. The van der Waals surface area contributed by atoms with Crippen LogP contribution in [-0.4, -0.2) is 67.8 Å². The molecule has 1 aliphatic rings. The molecule has 0 amide bonds. The number of rotatable bonds is 8. The van der Waals surface area contributed by atoms with E-state index in [4.69, 9.17) is 9.47 Å². The van der Waals surface area contributed by atoms with Gasteiger partial charge in [-0.1, -0.05) is 0 Å². The molecule has 178 valence electrons. The lowest BCUT2D eigenvalue weighted by molar-refractivity contribution is 0.0576. The summed E-state index contributed by atoms with van der Waals surface area (Å²) in [5.41, 5.74) is 2.30. The van der Waals surface area contributed by atoms with Crippen molar-refractivity contribution in [1.82, 2.24) is 34.5 Å². The Balaban J connectivity index is 1.43. The van der Waals surface area contributed by atoms with Crippen LogP contribution in [0.5, 0.6) is 11.6 Å². The van der Waals surface area contributed by atoms with E-state index in [0.717, 1.165) is 18.5 Å². The molecule has 0 unspecified atom stereocenters. The minimum atomic E-state index is -2.80. The van der Waals surface area contributed by atoms with E-state index in [9.17, 15) is 8.78 Å². The van der Waals surface area contributed by atoms with E-state index in [2.05, 4.69) is 30.6 Å². The van der Waals surface area contributed by atoms with Crippen molar-refractivity contribution in [3.8, 4) is 22.9 Å². The van der Waals surface area contributed by atoms with Crippen molar-refractivity contribution in [3.05, 3.63) is 42.2 Å².